The molecule has 1 aromatic rings. The van der Waals surface area contributed by atoms with Crippen molar-refractivity contribution in [1.82, 2.24) is 15.5 Å². The van der Waals surface area contributed by atoms with Gasteiger partial charge in [-0.1, -0.05) is 0 Å². The van der Waals surface area contributed by atoms with Gasteiger partial charge in [-0.2, -0.15) is 0 Å². The van der Waals surface area contributed by atoms with Gasteiger partial charge in [0.1, 0.15) is 0 Å². The molecule has 0 radical (unpaired) electrons. The maximum atomic E-state index is 11.2. The fourth-order valence-electron chi connectivity index (χ4n) is 1.69. The number of hydrogen-bond acceptors (Lipinski definition) is 5. The van der Waals surface area contributed by atoms with Gasteiger partial charge in [0.15, 0.2) is 11.5 Å². The van der Waals surface area contributed by atoms with Crippen molar-refractivity contribution in [3.8, 4) is 0 Å². The van der Waals surface area contributed by atoms with Crippen LogP contribution in [0.15, 0.2) is 12.1 Å². The van der Waals surface area contributed by atoms with Crippen molar-refractivity contribution in [2.24, 2.45) is 0 Å². The Morgan fingerprint density at radius 2 is 2.38 bits per heavy atom. The number of aliphatic hydroxyl groups excluding tert-OH is 1. The zero-order chi connectivity index (χ0) is 11.5. The normalized spacial score (nSPS) is 19.9. The predicted octanol–water partition coefficient (Wildman–Crippen LogP) is -0.593. The number of aromatic nitrogens is 2. The highest BCUT2D eigenvalue weighted by Crippen LogP contribution is 2.16. The van der Waals surface area contributed by atoms with E-state index in [1.165, 1.54) is 0 Å². The molecule has 0 bridgehead atoms. The lowest BCUT2D eigenvalue weighted by atomic mass is 10.3. The molecule has 2 heterocycles. The molecule has 1 saturated heterocycles. The van der Waals surface area contributed by atoms with Crippen LogP contribution in [0.2, 0.25) is 0 Å². The van der Waals surface area contributed by atoms with E-state index in [1.54, 1.807) is 19.2 Å². The number of rotatable bonds is 2. The minimum atomic E-state index is -0.291. The average Bonchev–Trinajstić information content (AvgIpc) is 2.75. The van der Waals surface area contributed by atoms with Crippen molar-refractivity contribution in [3.63, 3.8) is 0 Å². The minimum absolute atomic E-state index is 0.250. The molecule has 0 aromatic carbocycles. The lowest BCUT2D eigenvalue weighted by Gasteiger charge is -2.15. The second-order valence-electron chi connectivity index (χ2n) is 3.74. The van der Waals surface area contributed by atoms with E-state index in [9.17, 15) is 9.90 Å². The van der Waals surface area contributed by atoms with Gasteiger partial charge in [-0.15, -0.1) is 10.2 Å². The largest absolute Gasteiger partial charge is 0.391 e. The molecule has 1 aliphatic rings. The molecule has 16 heavy (non-hydrogen) atoms. The van der Waals surface area contributed by atoms with Crippen LogP contribution in [0, 0.1) is 0 Å². The molecule has 1 aromatic heterocycles. The number of nitrogens with one attached hydrogen (secondary N) is 1. The number of β-amino-alcohol motifs (C(OH)–C–C–N with tert-alkyl or cyclic N) is 1. The van der Waals surface area contributed by atoms with Crippen molar-refractivity contribution in [2.45, 2.75) is 12.5 Å². The number of nitrogens with zero attached hydrogens (tertiary/aromatic N) is 3. The maximum Gasteiger partial charge on any atom is 0.271 e. The van der Waals surface area contributed by atoms with Gasteiger partial charge in [-0.3, -0.25) is 4.79 Å². The SMILES string of the molecule is CNC(=O)c1ccc(N2CCC(O)C2)nn1. The quantitative estimate of drug-likeness (QED) is 0.699. The first-order valence-corrected chi connectivity index (χ1v) is 5.19. The first kappa shape index (κ1) is 10.8. The van der Waals surface area contributed by atoms with E-state index in [2.05, 4.69) is 15.5 Å². The van der Waals surface area contributed by atoms with E-state index in [4.69, 9.17) is 0 Å². The highest BCUT2D eigenvalue weighted by atomic mass is 16.3. The maximum absolute atomic E-state index is 11.2. The molecule has 1 fully saturated rings. The summed E-state index contributed by atoms with van der Waals surface area (Å²) in [7, 11) is 1.55. The summed E-state index contributed by atoms with van der Waals surface area (Å²) < 4.78 is 0. The highest BCUT2D eigenvalue weighted by Gasteiger charge is 2.21. The molecule has 6 nitrogen and oxygen atoms in total. The van der Waals surface area contributed by atoms with Gasteiger partial charge >= 0.3 is 0 Å². The van der Waals surface area contributed by atoms with Crippen molar-refractivity contribution in [1.29, 1.82) is 0 Å². The second kappa shape index (κ2) is 4.44. The monoisotopic (exact) mass is 222 g/mol. The van der Waals surface area contributed by atoms with Crippen LogP contribution in [-0.2, 0) is 0 Å². The summed E-state index contributed by atoms with van der Waals surface area (Å²) in [5, 5.41) is 19.7. The molecule has 0 aliphatic carbocycles. The van der Waals surface area contributed by atoms with Gasteiger partial charge in [0.25, 0.3) is 5.91 Å². The van der Waals surface area contributed by atoms with E-state index in [0.717, 1.165) is 13.0 Å². The second-order valence-corrected chi connectivity index (χ2v) is 3.74. The summed E-state index contributed by atoms with van der Waals surface area (Å²) in [5.74, 6) is 0.449. The molecule has 1 amide bonds. The molecule has 0 spiro atoms. The van der Waals surface area contributed by atoms with Crippen molar-refractivity contribution >= 4 is 11.7 Å². The number of carbonyl (C=O) groups is 1. The average molecular weight is 222 g/mol. The number of aliphatic hydroxyl groups is 1. The van der Waals surface area contributed by atoms with Crippen LogP contribution < -0.4 is 10.2 Å². The fraction of sp³-hybridized carbons (Fsp3) is 0.500. The predicted molar refractivity (Wildman–Crippen MR) is 58.3 cm³/mol. The summed E-state index contributed by atoms with van der Waals surface area (Å²) in [6, 6.07) is 3.38. The van der Waals surface area contributed by atoms with E-state index < -0.39 is 0 Å². The molecular formula is C10H14N4O2. The van der Waals surface area contributed by atoms with Crippen LogP contribution in [0.25, 0.3) is 0 Å². The van der Waals surface area contributed by atoms with E-state index in [-0.39, 0.29) is 12.0 Å². The molecule has 0 saturated carbocycles. The Balaban J connectivity index is 2.10. The van der Waals surface area contributed by atoms with Crippen LogP contribution >= 0.6 is 0 Å². The van der Waals surface area contributed by atoms with Gasteiger partial charge < -0.3 is 15.3 Å². The molecule has 1 aliphatic heterocycles. The van der Waals surface area contributed by atoms with Crippen molar-refractivity contribution in [2.75, 3.05) is 25.0 Å². The smallest absolute Gasteiger partial charge is 0.271 e. The van der Waals surface area contributed by atoms with E-state index >= 15 is 0 Å². The standard InChI is InChI=1S/C10H14N4O2/c1-11-10(16)8-2-3-9(13-12-8)14-5-4-7(15)6-14/h2-3,7,15H,4-6H2,1H3,(H,11,16). The molecule has 2 N–H and O–H groups in total. The van der Waals surface area contributed by atoms with Gasteiger partial charge in [0, 0.05) is 20.1 Å². The third-order valence-corrected chi connectivity index (χ3v) is 2.60. The Morgan fingerprint density at radius 3 is 2.88 bits per heavy atom. The van der Waals surface area contributed by atoms with Gasteiger partial charge in [0.05, 0.1) is 6.10 Å². The number of carbonyl (C=O) groups excluding carboxylic acids is 1. The summed E-state index contributed by atoms with van der Waals surface area (Å²) in [6.45, 7) is 1.35. The third kappa shape index (κ3) is 2.11. The third-order valence-electron chi connectivity index (χ3n) is 2.60. The Morgan fingerprint density at radius 1 is 1.56 bits per heavy atom. The van der Waals surface area contributed by atoms with E-state index in [1.807, 2.05) is 4.90 Å². The van der Waals surface area contributed by atoms with Gasteiger partial charge in [-0.05, 0) is 18.6 Å². The summed E-state index contributed by atoms with van der Waals surface area (Å²) in [4.78, 5) is 13.2. The van der Waals surface area contributed by atoms with Crippen LogP contribution in [0.5, 0.6) is 0 Å². The summed E-state index contributed by atoms with van der Waals surface area (Å²) in [6.07, 6.45) is 0.458. The molecule has 86 valence electrons. The Labute approximate surface area is 93.3 Å². The topological polar surface area (TPSA) is 78.4 Å². The lowest BCUT2D eigenvalue weighted by Crippen LogP contribution is -2.24. The fourth-order valence-corrected chi connectivity index (χ4v) is 1.69. The van der Waals surface area contributed by atoms with Crippen LogP contribution in [-0.4, -0.2) is 47.5 Å². The van der Waals surface area contributed by atoms with Crippen molar-refractivity contribution < 1.29 is 9.90 Å². The van der Waals surface area contributed by atoms with E-state index in [0.29, 0.717) is 18.1 Å². The summed E-state index contributed by atoms with van der Waals surface area (Å²) >= 11 is 0. The highest BCUT2D eigenvalue weighted by molar-refractivity contribution is 5.91. The Hall–Kier alpha value is -1.69. The molecule has 1 unspecified atom stereocenters. The zero-order valence-corrected chi connectivity index (χ0v) is 9.05. The number of anilines is 1. The molecule has 6 heteroatoms. The molecular weight excluding hydrogens is 208 g/mol. The minimum Gasteiger partial charge on any atom is -0.391 e. The zero-order valence-electron chi connectivity index (χ0n) is 9.05. The van der Waals surface area contributed by atoms with Gasteiger partial charge in [-0.25, -0.2) is 0 Å². The van der Waals surface area contributed by atoms with Crippen molar-refractivity contribution in [3.05, 3.63) is 17.8 Å². The lowest BCUT2D eigenvalue weighted by molar-refractivity contribution is 0.0957. The number of hydrogen-bond donors (Lipinski definition) is 2. The Bertz CT molecular complexity index is 379. The van der Waals surface area contributed by atoms with Gasteiger partial charge in [0.2, 0.25) is 0 Å². The van der Waals surface area contributed by atoms with Crippen LogP contribution in [0.1, 0.15) is 16.9 Å². The van der Waals surface area contributed by atoms with Crippen LogP contribution in [0.4, 0.5) is 5.82 Å². The van der Waals surface area contributed by atoms with Crippen LogP contribution in [0.3, 0.4) is 0 Å². The first-order chi connectivity index (χ1) is 7.70. The first-order valence-electron chi connectivity index (χ1n) is 5.19. The number of amides is 1. The molecule has 1 atom stereocenters. The molecule has 2 rings (SSSR count). The Kier molecular flexibility index (Phi) is 3.00. The summed E-state index contributed by atoms with van der Waals surface area (Å²) in [5.41, 5.74) is 0.297.